The van der Waals surface area contributed by atoms with Crippen LogP contribution in [-0.4, -0.2) is 24.0 Å². The van der Waals surface area contributed by atoms with Crippen LogP contribution in [-0.2, 0) is 0 Å². The molecule has 0 N–H and O–H groups in total. The van der Waals surface area contributed by atoms with Crippen LogP contribution in [0.2, 0.25) is 0 Å². The van der Waals surface area contributed by atoms with Crippen molar-refractivity contribution in [2.45, 2.75) is 78.7 Å². The average Bonchev–Trinajstić information content (AvgIpc) is 2.25. The van der Waals surface area contributed by atoms with Crippen LogP contribution in [0.15, 0.2) is 12.2 Å². The third-order valence-electron chi connectivity index (χ3n) is 3.95. The molecule has 0 fully saturated rings. The van der Waals surface area contributed by atoms with E-state index in [1.54, 1.807) is 0 Å². The van der Waals surface area contributed by atoms with Gasteiger partial charge in [0.05, 0.1) is 0 Å². The molecule has 0 atom stereocenters. The molecule has 0 aromatic heterocycles. The van der Waals surface area contributed by atoms with Crippen molar-refractivity contribution in [3.63, 3.8) is 0 Å². The van der Waals surface area contributed by atoms with E-state index in [1.165, 1.54) is 50.6 Å². The summed E-state index contributed by atoms with van der Waals surface area (Å²) in [6.45, 7) is 16.7. The normalized spacial score (nSPS) is 12.4. The molecular formula is C17H35N. The van der Waals surface area contributed by atoms with Crippen LogP contribution in [0.5, 0.6) is 0 Å². The lowest BCUT2D eigenvalue weighted by molar-refractivity contribution is 0.172. The molecule has 0 rings (SSSR count). The van der Waals surface area contributed by atoms with Gasteiger partial charge in [-0.3, -0.25) is 0 Å². The number of hydrogen-bond acceptors (Lipinski definition) is 1. The molecule has 0 bridgehead atoms. The minimum Gasteiger partial charge on any atom is -0.302 e. The van der Waals surface area contributed by atoms with Crippen LogP contribution in [0, 0.1) is 5.92 Å². The van der Waals surface area contributed by atoms with Gasteiger partial charge in [-0.05, 0) is 59.5 Å². The van der Waals surface area contributed by atoms with E-state index >= 15 is 0 Å². The lowest BCUT2D eigenvalue weighted by Gasteiger charge is -2.31. The highest BCUT2D eigenvalue weighted by atomic mass is 15.1. The molecule has 108 valence electrons. The minimum absolute atomic E-state index is 0.314. The molecule has 0 unspecified atom stereocenters. The molecule has 0 saturated carbocycles. The molecule has 0 aliphatic heterocycles. The summed E-state index contributed by atoms with van der Waals surface area (Å²) in [6.07, 6.45) is 7.99. The van der Waals surface area contributed by atoms with Gasteiger partial charge in [0.15, 0.2) is 0 Å². The Hall–Kier alpha value is -0.300. The summed E-state index contributed by atoms with van der Waals surface area (Å²) in [7, 11) is 2.23. The largest absolute Gasteiger partial charge is 0.302 e. The monoisotopic (exact) mass is 253 g/mol. The second-order valence-corrected chi connectivity index (χ2v) is 6.92. The van der Waals surface area contributed by atoms with Crippen LogP contribution in [0.1, 0.15) is 73.1 Å². The van der Waals surface area contributed by atoms with Crippen molar-refractivity contribution in [1.82, 2.24) is 4.90 Å². The summed E-state index contributed by atoms with van der Waals surface area (Å²) in [4.78, 5) is 2.45. The molecule has 0 saturated heterocycles. The maximum atomic E-state index is 4.13. The SMILES string of the molecule is C=C(CCCCCCCN(C)C(C)(C)C)C(C)C. The number of unbranched alkanes of at least 4 members (excludes halogenated alkanes) is 4. The Morgan fingerprint density at radius 2 is 1.50 bits per heavy atom. The second-order valence-electron chi connectivity index (χ2n) is 6.92. The van der Waals surface area contributed by atoms with E-state index in [9.17, 15) is 0 Å². The molecule has 0 amide bonds. The zero-order chi connectivity index (χ0) is 14.2. The van der Waals surface area contributed by atoms with E-state index in [1.807, 2.05) is 0 Å². The van der Waals surface area contributed by atoms with Gasteiger partial charge in [0.2, 0.25) is 0 Å². The van der Waals surface area contributed by atoms with Gasteiger partial charge in [0.25, 0.3) is 0 Å². The zero-order valence-corrected chi connectivity index (χ0v) is 13.7. The molecule has 0 aromatic carbocycles. The van der Waals surface area contributed by atoms with Crippen LogP contribution in [0.25, 0.3) is 0 Å². The minimum atomic E-state index is 0.314. The van der Waals surface area contributed by atoms with E-state index in [-0.39, 0.29) is 0 Å². The third-order valence-corrected chi connectivity index (χ3v) is 3.95. The highest BCUT2D eigenvalue weighted by Gasteiger charge is 2.15. The van der Waals surface area contributed by atoms with Gasteiger partial charge in [-0.2, -0.15) is 0 Å². The zero-order valence-electron chi connectivity index (χ0n) is 13.7. The topological polar surface area (TPSA) is 3.24 Å². The van der Waals surface area contributed by atoms with Crippen LogP contribution >= 0.6 is 0 Å². The maximum absolute atomic E-state index is 4.13. The molecule has 18 heavy (non-hydrogen) atoms. The molecule has 1 nitrogen and oxygen atoms in total. The molecule has 0 aliphatic rings. The Morgan fingerprint density at radius 3 is 2.00 bits per heavy atom. The van der Waals surface area contributed by atoms with E-state index in [0.29, 0.717) is 11.5 Å². The predicted octanol–water partition coefficient (Wildman–Crippen LogP) is 5.27. The number of rotatable bonds is 9. The average molecular weight is 253 g/mol. The summed E-state index contributed by atoms with van der Waals surface area (Å²) in [5, 5.41) is 0. The quantitative estimate of drug-likeness (QED) is 0.400. The van der Waals surface area contributed by atoms with E-state index in [2.05, 4.69) is 53.1 Å². The third kappa shape index (κ3) is 8.74. The first-order valence-corrected chi connectivity index (χ1v) is 7.64. The first-order valence-electron chi connectivity index (χ1n) is 7.64. The van der Waals surface area contributed by atoms with Crippen molar-refractivity contribution in [2.75, 3.05) is 13.6 Å². The van der Waals surface area contributed by atoms with E-state index in [4.69, 9.17) is 0 Å². The number of nitrogens with zero attached hydrogens (tertiary/aromatic N) is 1. The van der Waals surface area contributed by atoms with Gasteiger partial charge in [-0.15, -0.1) is 0 Å². The summed E-state index contributed by atoms with van der Waals surface area (Å²) in [5.74, 6) is 0.658. The van der Waals surface area contributed by atoms with Gasteiger partial charge in [-0.25, -0.2) is 0 Å². The number of allylic oxidation sites excluding steroid dienone is 1. The summed E-state index contributed by atoms with van der Waals surface area (Å²) in [5.41, 5.74) is 1.73. The predicted molar refractivity (Wildman–Crippen MR) is 84.1 cm³/mol. The van der Waals surface area contributed by atoms with Gasteiger partial charge in [0, 0.05) is 5.54 Å². The fourth-order valence-corrected chi connectivity index (χ4v) is 1.86. The Kier molecular flexibility index (Phi) is 8.60. The van der Waals surface area contributed by atoms with Gasteiger partial charge < -0.3 is 4.90 Å². The van der Waals surface area contributed by atoms with Crippen molar-refractivity contribution >= 4 is 0 Å². The second kappa shape index (κ2) is 8.74. The molecule has 1 heteroatoms. The summed E-state index contributed by atoms with van der Waals surface area (Å²) in [6, 6.07) is 0. The first-order chi connectivity index (χ1) is 8.25. The van der Waals surface area contributed by atoms with Crippen molar-refractivity contribution in [2.24, 2.45) is 5.92 Å². The molecule has 0 aromatic rings. The lowest BCUT2D eigenvalue weighted by atomic mass is 9.98. The van der Waals surface area contributed by atoms with Crippen LogP contribution < -0.4 is 0 Å². The van der Waals surface area contributed by atoms with Crippen molar-refractivity contribution in [3.8, 4) is 0 Å². The highest BCUT2D eigenvalue weighted by molar-refractivity contribution is 4.96. The van der Waals surface area contributed by atoms with Crippen molar-refractivity contribution in [3.05, 3.63) is 12.2 Å². The standard InChI is InChI=1S/C17H35N/c1-15(2)16(3)13-11-9-8-10-12-14-18(7)17(4,5)6/h15H,3,8-14H2,1-2,4-7H3. The van der Waals surface area contributed by atoms with Crippen molar-refractivity contribution < 1.29 is 0 Å². The number of hydrogen-bond donors (Lipinski definition) is 0. The lowest BCUT2D eigenvalue weighted by Crippen LogP contribution is -2.38. The van der Waals surface area contributed by atoms with Gasteiger partial charge in [0.1, 0.15) is 0 Å². The summed E-state index contributed by atoms with van der Waals surface area (Å²) >= 11 is 0. The smallest absolute Gasteiger partial charge is 0.0122 e. The Balaban J connectivity index is 3.40. The molecule has 0 radical (unpaired) electrons. The highest BCUT2D eigenvalue weighted by Crippen LogP contribution is 2.17. The Morgan fingerprint density at radius 1 is 1.00 bits per heavy atom. The van der Waals surface area contributed by atoms with E-state index < -0.39 is 0 Å². The van der Waals surface area contributed by atoms with E-state index in [0.717, 1.165) is 0 Å². The van der Waals surface area contributed by atoms with Crippen molar-refractivity contribution in [1.29, 1.82) is 0 Å². The van der Waals surface area contributed by atoms with Gasteiger partial charge >= 0.3 is 0 Å². The maximum Gasteiger partial charge on any atom is 0.0122 e. The van der Waals surface area contributed by atoms with Crippen LogP contribution in [0.4, 0.5) is 0 Å². The fraction of sp³-hybridized carbons (Fsp3) is 0.882. The van der Waals surface area contributed by atoms with Gasteiger partial charge in [-0.1, -0.05) is 45.3 Å². The summed E-state index contributed by atoms with van der Waals surface area (Å²) < 4.78 is 0. The first kappa shape index (κ1) is 17.7. The molecule has 0 aliphatic carbocycles. The molecule has 0 heterocycles. The van der Waals surface area contributed by atoms with Crippen LogP contribution in [0.3, 0.4) is 0 Å². The Labute approximate surface area is 116 Å². The molecular weight excluding hydrogens is 218 g/mol. The molecule has 0 spiro atoms. The fourth-order valence-electron chi connectivity index (χ4n) is 1.86. The Bertz CT molecular complexity index is 222.